The van der Waals surface area contributed by atoms with Gasteiger partial charge in [0.25, 0.3) is 0 Å². The number of likely N-dealkylation sites (tertiary alicyclic amines) is 1. The lowest BCUT2D eigenvalue weighted by Crippen LogP contribution is -2.37. The van der Waals surface area contributed by atoms with Crippen LogP contribution in [0.25, 0.3) is 5.82 Å². The third-order valence-electron chi connectivity index (χ3n) is 4.21. The second-order valence-electron chi connectivity index (χ2n) is 6.24. The third kappa shape index (κ3) is 2.94. The molecule has 1 atom stereocenters. The zero-order valence-electron chi connectivity index (χ0n) is 13.6. The number of anilines is 1. The van der Waals surface area contributed by atoms with Crippen molar-refractivity contribution in [3.63, 3.8) is 0 Å². The van der Waals surface area contributed by atoms with E-state index in [4.69, 9.17) is 0 Å². The Morgan fingerprint density at radius 2 is 2.17 bits per heavy atom. The van der Waals surface area contributed by atoms with Crippen LogP contribution in [-0.4, -0.2) is 49.9 Å². The van der Waals surface area contributed by atoms with E-state index in [1.807, 2.05) is 13.0 Å². The largest absolute Gasteiger partial charge is 0.481 e. The zero-order chi connectivity index (χ0) is 17.3. The van der Waals surface area contributed by atoms with Crippen LogP contribution in [0.3, 0.4) is 0 Å². The van der Waals surface area contributed by atoms with Crippen LogP contribution in [0, 0.1) is 12.3 Å². The van der Waals surface area contributed by atoms with Crippen molar-refractivity contribution in [3.8, 4) is 5.82 Å². The molecule has 126 valence electrons. The van der Waals surface area contributed by atoms with Gasteiger partial charge in [0.2, 0.25) is 0 Å². The fraction of sp³-hybridized carbons (Fsp3) is 0.375. The number of carbonyl (C=O) groups is 2. The summed E-state index contributed by atoms with van der Waals surface area (Å²) in [6.45, 7) is 4.08. The highest BCUT2D eigenvalue weighted by Gasteiger charge is 2.42. The van der Waals surface area contributed by atoms with Crippen molar-refractivity contribution in [2.75, 3.05) is 18.4 Å². The Bertz CT molecular complexity index is 773. The fourth-order valence-electron chi connectivity index (χ4n) is 2.74. The number of aromatic nitrogens is 3. The van der Waals surface area contributed by atoms with Gasteiger partial charge >= 0.3 is 12.0 Å². The molecule has 3 heterocycles. The van der Waals surface area contributed by atoms with Crippen molar-refractivity contribution in [2.45, 2.75) is 20.3 Å². The molecule has 0 aliphatic carbocycles. The van der Waals surface area contributed by atoms with E-state index in [0.717, 1.165) is 5.69 Å². The molecule has 2 amide bonds. The number of carboxylic acid groups (broad SMARTS) is 1. The first-order chi connectivity index (χ1) is 11.4. The maximum absolute atomic E-state index is 12.5. The van der Waals surface area contributed by atoms with Crippen molar-refractivity contribution in [3.05, 3.63) is 36.2 Å². The quantitative estimate of drug-likeness (QED) is 0.896. The minimum Gasteiger partial charge on any atom is -0.481 e. The van der Waals surface area contributed by atoms with Crippen LogP contribution < -0.4 is 5.32 Å². The molecule has 2 aromatic heterocycles. The van der Waals surface area contributed by atoms with Crippen molar-refractivity contribution in [1.82, 2.24) is 19.7 Å². The molecule has 0 saturated carbocycles. The molecule has 1 unspecified atom stereocenters. The highest BCUT2D eigenvalue weighted by molar-refractivity contribution is 5.90. The molecule has 0 aromatic carbocycles. The maximum atomic E-state index is 12.5. The number of nitrogens with zero attached hydrogens (tertiary/aromatic N) is 4. The Morgan fingerprint density at radius 3 is 2.79 bits per heavy atom. The zero-order valence-corrected chi connectivity index (χ0v) is 13.6. The first kappa shape index (κ1) is 16.0. The van der Waals surface area contributed by atoms with E-state index < -0.39 is 11.4 Å². The maximum Gasteiger partial charge on any atom is 0.323 e. The molecule has 1 saturated heterocycles. The molecular weight excluding hydrogens is 310 g/mol. The predicted octanol–water partition coefficient (Wildman–Crippen LogP) is 1.90. The molecular formula is C16H19N5O3. The molecule has 3 rings (SSSR count). The summed E-state index contributed by atoms with van der Waals surface area (Å²) in [5.74, 6) is 0.213. The number of amides is 2. The number of pyridine rings is 1. The van der Waals surface area contributed by atoms with Gasteiger partial charge in [-0.25, -0.2) is 9.78 Å². The van der Waals surface area contributed by atoms with Gasteiger partial charge in [0.15, 0.2) is 5.82 Å². The third-order valence-corrected chi connectivity index (χ3v) is 4.21. The number of carboxylic acids is 1. The number of nitrogens with one attached hydrogen (secondary N) is 1. The molecule has 2 aromatic rings. The van der Waals surface area contributed by atoms with Crippen molar-refractivity contribution < 1.29 is 14.7 Å². The van der Waals surface area contributed by atoms with Gasteiger partial charge in [0, 0.05) is 25.4 Å². The van der Waals surface area contributed by atoms with Crippen molar-refractivity contribution >= 4 is 17.8 Å². The van der Waals surface area contributed by atoms with E-state index in [1.165, 1.54) is 4.90 Å². The number of rotatable bonds is 3. The van der Waals surface area contributed by atoms with E-state index in [2.05, 4.69) is 15.4 Å². The predicted molar refractivity (Wildman–Crippen MR) is 87.0 cm³/mol. The van der Waals surface area contributed by atoms with Crippen molar-refractivity contribution in [2.24, 2.45) is 5.41 Å². The average Bonchev–Trinajstić information content (AvgIpc) is 3.12. The molecule has 1 fully saturated rings. The number of hydrogen-bond donors (Lipinski definition) is 2. The lowest BCUT2D eigenvalue weighted by molar-refractivity contribution is -0.146. The fourth-order valence-corrected chi connectivity index (χ4v) is 2.74. The lowest BCUT2D eigenvalue weighted by Gasteiger charge is -2.20. The average molecular weight is 329 g/mol. The van der Waals surface area contributed by atoms with Gasteiger partial charge in [-0.05, 0) is 32.4 Å². The number of aryl methyl sites for hydroxylation is 1. The summed E-state index contributed by atoms with van der Waals surface area (Å²) < 4.78 is 1.56. The van der Waals surface area contributed by atoms with Gasteiger partial charge in [-0.15, -0.1) is 0 Å². The van der Waals surface area contributed by atoms with Crippen LogP contribution in [0.5, 0.6) is 0 Å². The number of carbonyl (C=O) groups excluding carboxylic acids is 1. The van der Waals surface area contributed by atoms with Crippen LogP contribution in [-0.2, 0) is 4.79 Å². The second kappa shape index (κ2) is 5.95. The summed E-state index contributed by atoms with van der Waals surface area (Å²) in [5.41, 5.74) is -0.151. The molecule has 0 spiro atoms. The summed E-state index contributed by atoms with van der Waals surface area (Å²) in [5, 5.41) is 16.4. The highest BCUT2D eigenvalue weighted by Crippen LogP contribution is 2.30. The van der Waals surface area contributed by atoms with E-state index in [9.17, 15) is 14.7 Å². The Labute approximate surface area is 139 Å². The Kier molecular flexibility index (Phi) is 3.96. The normalized spacial score (nSPS) is 20.2. The first-order valence-corrected chi connectivity index (χ1v) is 7.66. The summed E-state index contributed by atoms with van der Waals surface area (Å²) in [4.78, 5) is 29.5. The molecule has 0 radical (unpaired) electrons. The number of urea groups is 1. The van der Waals surface area contributed by atoms with Crippen LogP contribution >= 0.6 is 0 Å². The summed E-state index contributed by atoms with van der Waals surface area (Å²) in [6, 6.07) is 6.84. The van der Waals surface area contributed by atoms with Crippen LogP contribution in [0.1, 0.15) is 19.0 Å². The minimum atomic E-state index is -0.894. The molecule has 8 heteroatoms. The Hall–Kier alpha value is -2.90. The summed E-state index contributed by atoms with van der Waals surface area (Å²) >= 11 is 0. The SMILES string of the molecule is Cc1cc(NC(=O)N2CCC(C)(C(=O)O)C2)n(-c2ccccn2)n1. The second-order valence-corrected chi connectivity index (χ2v) is 6.24. The summed E-state index contributed by atoms with van der Waals surface area (Å²) in [6.07, 6.45) is 2.09. The van der Waals surface area contributed by atoms with E-state index >= 15 is 0 Å². The Balaban J connectivity index is 1.78. The van der Waals surface area contributed by atoms with Gasteiger partial charge in [-0.1, -0.05) is 6.07 Å². The first-order valence-electron chi connectivity index (χ1n) is 7.66. The van der Waals surface area contributed by atoms with E-state index in [1.54, 1.807) is 36.0 Å². The monoisotopic (exact) mass is 329 g/mol. The van der Waals surface area contributed by atoms with Gasteiger partial charge in [-0.3, -0.25) is 10.1 Å². The molecule has 24 heavy (non-hydrogen) atoms. The molecule has 2 N–H and O–H groups in total. The van der Waals surface area contributed by atoms with Crippen LogP contribution in [0.4, 0.5) is 10.6 Å². The lowest BCUT2D eigenvalue weighted by atomic mass is 9.90. The van der Waals surface area contributed by atoms with Crippen LogP contribution in [0.15, 0.2) is 30.5 Å². The van der Waals surface area contributed by atoms with Crippen molar-refractivity contribution in [1.29, 1.82) is 0 Å². The smallest absolute Gasteiger partial charge is 0.323 e. The van der Waals surface area contributed by atoms with Gasteiger partial charge in [-0.2, -0.15) is 9.78 Å². The van der Waals surface area contributed by atoms with Crippen LogP contribution in [0.2, 0.25) is 0 Å². The number of hydrogen-bond acceptors (Lipinski definition) is 4. The molecule has 0 bridgehead atoms. The molecule has 1 aliphatic heterocycles. The minimum absolute atomic E-state index is 0.185. The molecule has 1 aliphatic rings. The van der Waals surface area contributed by atoms with Gasteiger partial charge < -0.3 is 10.0 Å². The Morgan fingerprint density at radius 1 is 1.38 bits per heavy atom. The standard InChI is InChI=1S/C16H19N5O3/c1-11-9-13(21(19-11)12-5-3-4-7-17-12)18-15(24)20-8-6-16(2,10-20)14(22)23/h3-5,7,9H,6,8,10H2,1-2H3,(H,18,24)(H,22,23). The topological polar surface area (TPSA) is 100 Å². The number of aliphatic carboxylic acids is 1. The highest BCUT2D eigenvalue weighted by atomic mass is 16.4. The van der Waals surface area contributed by atoms with Gasteiger partial charge in [0.05, 0.1) is 11.1 Å². The van der Waals surface area contributed by atoms with Gasteiger partial charge in [0.1, 0.15) is 5.82 Å². The summed E-state index contributed by atoms with van der Waals surface area (Å²) in [7, 11) is 0. The van der Waals surface area contributed by atoms with E-state index in [-0.39, 0.29) is 12.6 Å². The van der Waals surface area contributed by atoms with E-state index in [0.29, 0.717) is 24.6 Å². The molecule has 8 nitrogen and oxygen atoms in total.